The number of rotatable bonds is 1. The maximum Gasteiger partial charge on any atom is 0.270 e. The fourth-order valence-corrected chi connectivity index (χ4v) is 2.33. The second-order valence-electron chi connectivity index (χ2n) is 3.80. The van der Waals surface area contributed by atoms with E-state index < -0.39 is 0 Å². The number of halogens is 1. The van der Waals surface area contributed by atoms with Crippen LogP contribution in [-0.4, -0.2) is 9.91 Å². The standard InChI is InChI=1S/C12H7BrN2O2/c13-7-1-3-11-9(5-7)10-6-8(15(16)17)2-4-12(10)14-11/h1-6,14H. The van der Waals surface area contributed by atoms with Gasteiger partial charge >= 0.3 is 0 Å². The normalized spacial score (nSPS) is 11.1. The topological polar surface area (TPSA) is 58.9 Å². The van der Waals surface area contributed by atoms with Crippen molar-refractivity contribution in [1.82, 2.24) is 4.98 Å². The van der Waals surface area contributed by atoms with E-state index in [1.807, 2.05) is 18.2 Å². The zero-order chi connectivity index (χ0) is 12.0. The van der Waals surface area contributed by atoms with E-state index in [1.165, 1.54) is 6.07 Å². The number of H-pyrrole nitrogens is 1. The first-order chi connectivity index (χ1) is 8.15. The lowest BCUT2D eigenvalue weighted by atomic mass is 10.1. The second-order valence-corrected chi connectivity index (χ2v) is 4.72. The number of fused-ring (bicyclic) bond motifs is 3. The first-order valence-corrected chi connectivity index (χ1v) is 5.80. The van der Waals surface area contributed by atoms with E-state index in [0.717, 1.165) is 26.3 Å². The highest BCUT2D eigenvalue weighted by Crippen LogP contribution is 2.30. The number of nitro benzene ring substituents is 1. The summed E-state index contributed by atoms with van der Waals surface area (Å²) in [7, 11) is 0. The Labute approximate surface area is 105 Å². The Kier molecular flexibility index (Phi) is 2.16. The highest BCUT2D eigenvalue weighted by molar-refractivity contribution is 9.10. The van der Waals surface area contributed by atoms with E-state index >= 15 is 0 Å². The predicted molar refractivity (Wildman–Crippen MR) is 70.2 cm³/mol. The molecule has 0 aliphatic carbocycles. The van der Waals surface area contributed by atoms with Gasteiger partial charge in [0, 0.05) is 38.4 Å². The van der Waals surface area contributed by atoms with Gasteiger partial charge in [0.1, 0.15) is 0 Å². The molecule has 84 valence electrons. The molecule has 1 N–H and O–H groups in total. The van der Waals surface area contributed by atoms with E-state index in [2.05, 4.69) is 20.9 Å². The van der Waals surface area contributed by atoms with Gasteiger partial charge in [0.15, 0.2) is 0 Å². The number of benzene rings is 2. The maximum absolute atomic E-state index is 10.8. The van der Waals surface area contributed by atoms with Crippen LogP contribution in [0.1, 0.15) is 0 Å². The third-order valence-corrected chi connectivity index (χ3v) is 3.25. The monoisotopic (exact) mass is 290 g/mol. The highest BCUT2D eigenvalue weighted by atomic mass is 79.9. The van der Waals surface area contributed by atoms with Crippen LogP contribution < -0.4 is 0 Å². The molecule has 17 heavy (non-hydrogen) atoms. The summed E-state index contributed by atoms with van der Waals surface area (Å²) in [5, 5.41) is 12.6. The fourth-order valence-electron chi connectivity index (χ4n) is 1.97. The Morgan fingerprint density at radius 1 is 1.06 bits per heavy atom. The smallest absolute Gasteiger partial charge is 0.270 e. The summed E-state index contributed by atoms with van der Waals surface area (Å²) in [6.45, 7) is 0. The predicted octanol–water partition coefficient (Wildman–Crippen LogP) is 3.99. The molecule has 0 fully saturated rings. The lowest BCUT2D eigenvalue weighted by Gasteiger charge is -1.93. The minimum Gasteiger partial charge on any atom is -0.355 e. The Morgan fingerprint density at radius 2 is 1.71 bits per heavy atom. The summed E-state index contributed by atoms with van der Waals surface area (Å²) >= 11 is 3.40. The molecule has 3 aromatic rings. The molecule has 4 nitrogen and oxygen atoms in total. The van der Waals surface area contributed by atoms with E-state index in [4.69, 9.17) is 0 Å². The second kappa shape index (κ2) is 3.56. The Hall–Kier alpha value is -1.88. The molecule has 0 bridgehead atoms. The SMILES string of the molecule is O=[N+]([O-])c1ccc2[nH]c3ccc(Br)cc3c2c1. The van der Waals surface area contributed by atoms with E-state index in [-0.39, 0.29) is 10.6 Å². The molecule has 0 unspecified atom stereocenters. The summed E-state index contributed by atoms with van der Waals surface area (Å²) in [5.41, 5.74) is 1.99. The summed E-state index contributed by atoms with van der Waals surface area (Å²) < 4.78 is 0.956. The van der Waals surface area contributed by atoms with Crippen molar-refractivity contribution in [2.24, 2.45) is 0 Å². The van der Waals surface area contributed by atoms with Crippen molar-refractivity contribution in [3.63, 3.8) is 0 Å². The van der Waals surface area contributed by atoms with Crippen LogP contribution in [0.15, 0.2) is 40.9 Å². The average Bonchev–Trinajstić information content (AvgIpc) is 2.66. The molecular weight excluding hydrogens is 284 g/mol. The van der Waals surface area contributed by atoms with Gasteiger partial charge in [0.25, 0.3) is 5.69 Å². The number of hydrogen-bond acceptors (Lipinski definition) is 2. The molecule has 0 radical (unpaired) electrons. The molecule has 0 saturated heterocycles. The zero-order valence-electron chi connectivity index (χ0n) is 8.61. The maximum atomic E-state index is 10.8. The van der Waals surface area contributed by atoms with Crippen LogP contribution >= 0.6 is 15.9 Å². The molecule has 0 aliphatic rings. The van der Waals surface area contributed by atoms with Crippen LogP contribution in [0.5, 0.6) is 0 Å². The average molecular weight is 291 g/mol. The van der Waals surface area contributed by atoms with Gasteiger partial charge in [-0.2, -0.15) is 0 Å². The van der Waals surface area contributed by atoms with Crippen molar-refractivity contribution < 1.29 is 4.92 Å². The third-order valence-electron chi connectivity index (χ3n) is 2.76. The lowest BCUT2D eigenvalue weighted by Crippen LogP contribution is -1.86. The van der Waals surface area contributed by atoms with Crippen molar-refractivity contribution in [2.75, 3.05) is 0 Å². The van der Waals surface area contributed by atoms with Gasteiger partial charge in [-0.25, -0.2) is 0 Å². The minimum atomic E-state index is -0.379. The molecule has 0 amide bonds. The molecule has 0 aliphatic heterocycles. The van der Waals surface area contributed by atoms with Crippen LogP contribution in [0.3, 0.4) is 0 Å². The van der Waals surface area contributed by atoms with Gasteiger partial charge in [-0.15, -0.1) is 0 Å². The molecule has 0 saturated carbocycles. The Bertz CT molecular complexity index is 749. The quantitative estimate of drug-likeness (QED) is 0.544. The van der Waals surface area contributed by atoms with Gasteiger partial charge < -0.3 is 4.98 Å². The largest absolute Gasteiger partial charge is 0.355 e. The number of nitrogens with one attached hydrogen (secondary N) is 1. The molecule has 0 atom stereocenters. The van der Waals surface area contributed by atoms with Gasteiger partial charge in [-0.3, -0.25) is 10.1 Å². The number of nitrogens with zero attached hydrogens (tertiary/aromatic N) is 1. The van der Waals surface area contributed by atoms with Crippen LogP contribution in [0.4, 0.5) is 5.69 Å². The van der Waals surface area contributed by atoms with Gasteiger partial charge in [-0.05, 0) is 24.3 Å². The Morgan fingerprint density at radius 3 is 2.41 bits per heavy atom. The van der Waals surface area contributed by atoms with Gasteiger partial charge in [0.05, 0.1) is 4.92 Å². The molecule has 2 aromatic carbocycles. The first kappa shape index (κ1) is 10.3. The summed E-state index contributed by atoms with van der Waals surface area (Å²) in [6.07, 6.45) is 0. The summed E-state index contributed by atoms with van der Waals surface area (Å²) in [4.78, 5) is 13.6. The van der Waals surface area contributed by atoms with Crippen molar-refractivity contribution >= 4 is 43.4 Å². The zero-order valence-corrected chi connectivity index (χ0v) is 10.2. The van der Waals surface area contributed by atoms with Gasteiger partial charge in [-0.1, -0.05) is 15.9 Å². The molecule has 5 heteroatoms. The van der Waals surface area contributed by atoms with Crippen LogP contribution in [0.2, 0.25) is 0 Å². The minimum absolute atomic E-state index is 0.110. The van der Waals surface area contributed by atoms with Crippen molar-refractivity contribution in [3.05, 3.63) is 51.0 Å². The third kappa shape index (κ3) is 1.59. The van der Waals surface area contributed by atoms with E-state index in [1.54, 1.807) is 12.1 Å². The number of aromatic amines is 1. The van der Waals surface area contributed by atoms with Crippen LogP contribution in [0.25, 0.3) is 21.8 Å². The lowest BCUT2D eigenvalue weighted by molar-refractivity contribution is -0.384. The number of hydrogen-bond donors (Lipinski definition) is 1. The Balaban J connectivity index is 2.43. The number of aromatic nitrogens is 1. The van der Waals surface area contributed by atoms with Crippen LogP contribution in [0, 0.1) is 10.1 Å². The molecule has 1 heterocycles. The van der Waals surface area contributed by atoms with Crippen molar-refractivity contribution in [3.8, 4) is 0 Å². The molecular formula is C12H7BrN2O2. The highest BCUT2D eigenvalue weighted by Gasteiger charge is 2.10. The fraction of sp³-hybridized carbons (Fsp3) is 0. The molecule has 3 rings (SSSR count). The first-order valence-electron chi connectivity index (χ1n) is 5.00. The van der Waals surface area contributed by atoms with Crippen LogP contribution in [-0.2, 0) is 0 Å². The summed E-state index contributed by atoms with van der Waals surface area (Å²) in [5.74, 6) is 0. The van der Waals surface area contributed by atoms with E-state index in [0.29, 0.717) is 0 Å². The number of non-ortho nitro benzene ring substituents is 1. The van der Waals surface area contributed by atoms with Crippen molar-refractivity contribution in [1.29, 1.82) is 0 Å². The van der Waals surface area contributed by atoms with E-state index in [9.17, 15) is 10.1 Å². The number of nitro groups is 1. The molecule has 0 spiro atoms. The van der Waals surface area contributed by atoms with Gasteiger partial charge in [0.2, 0.25) is 0 Å². The van der Waals surface area contributed by atoms with Crippen molar-refractivity contribution in [2.45, 2.75) is 0 Å². The molecule has 1 aromatic heterocycles. The summed E-state index contributed by atoms with van der Waals surface area (Å²) in [6, 6.07) is 10.7.